The molecule has 0 aliphatic carbocycles. The second-order valence-corrected chi connectivity index (χ2v) is 6.19. The van der Waals surface area contributed by atoms with Gasteiger partial charge in [0.2, 0.25) is 9.76 Å². The van der Waals surface area contributed by atoms with E-state index in [4.69, 9.17) is 9.26 Å². The summed E-state index contributed by atoms with van der Waals surface area (Å²) in [5.41, 5.74) is 0. The zero-order valence-electron chi connectivity index (χ0n) is 9.71. The smallest absolute Gasteiger partial charge is 0.222 e. The summed E-state index contributed by atoms with van der Waals surface area (Å²) in [6.45, 7) is 9.33. The van der Waals surface area contributed by atoms with Gasteiger partial charge in [0, 0.05) is 19.7 Å². The van der Waals surface area contributed by atoms with E-state index in [9.17, 15) is 0 Å². The maximum atomic E-state index is 5.83. The van der Waals surface area contributed by atoms with Gasteiger partial charge in [-0.1, -0.05) is 13.8 Å². The quantitative estimate of drug-likeness (QED) is 0.511. The second kappa shape index (κ2) is 5.85. The standard InChI is InChI=1S/C10H23NO2Si/c1-4-11(5-2)13-14-10(3)8-6-7-9-12-10/h4-9,14H2,1-3H3. The molecule has 1 heterocycles. The Balaban J connectivity index is 2.27. The van der Waals surface area contributed by atoms with E-state index in [0.29, 0.717) is 0 Å². The second-order valence-electron chi connectivity index (χ2n) is 4.14. The number of ether oxygens (including phenoxy) is 1. The number of hydrogen-bond acceptors (Lipinski definition) is 3. The van der Waals surface area contributed by atoms with Crippen molar-refractivity contribution in [1.29, 1.82) is 0 Å². The SMILES string of the molecule is CCN(CC)O[SiH2]C1(C)CCCCO1. The normalized spacial score (nSPS) is 29.1. The predicted octanol–water partition coefficient (Wildman–Crippen LogP) is 1.26. The predicted molar refractivity (Wildman–Crippen MR) is 60.8 cm³/mol. The van der Waals surface area contributed by atoms with Gasteiger partial charge in [-0.05, 0) is 26.2 Å². The van der Waals surface area contributed by atoms with E-state index >= 15 is 0 Å². The molecule has 0 spiro atoms. The van der Waals surface area contributed by atoms with Crippen LogP contribution >= 0.6 is 0 Å². The third-order valence-corrected chi connectivity index (χ3v) is 4.47. The van der Waals surface area contributed by atoms with Gasteiger partial charge in [-0.2, -0.15) is 0 Å². The molecule has 4 heteroatoms. The van der Waals surface area contributed by atoms with E-state index in [1.807, 2.05) is 5.06 Å². The average Bonchev–Trinajstić information content (AvgIpc) is 2.20. The minimum absolute atomic E-state index is 0.0842. The summed E-state index contributed by atoms with van der Waals surface area (Å²) in [5.74, 6) is 0. The van der Waals surface area contributed by atoms with Crippen LogP contribution in [0.15, 0.2) is 0 Å². The van der Waals surface area contributed by atoms with Gasteiger partial charge >= 0.3 is 0 Å². The third-order valence-electron chi connectivity index (χ3n) is 2.81. The Morgan fingerprint density at radius 2 is 2.07 bits per heavy atom. The molecule has 1 atom stereocenters. The van der Waals surface area contributed by atoms with Gasteiger partial charge in [0.05, 0.1) is 5.22 Å². The molecule has 1 unspecified atom stereocenters. The monoisotopic (exact) mass is 217 g/mol. The van der Waals surface area contributed by atoms with Gasteiger partial charge in [-0.3, -0.25) is 0 Å². The van der Waals surface area contributed by atoms with Crippen molar-refractivity contribution in [2.24, 2.45) is 0 Å². The largest absolute Gasteiger partial charge is 0.376 e. The molecule has 1 rings (SSSR count). The lowest BCUT2D eigenvalue weighted by molar-refractivity contribution is -0.0798. The van der Waals surface area contributed by atoms with E-state index in [0.717, 1.165) is 19.7 Å². The molecule has 0 aromatic heterocycles. The summed E-state index contributed by atoms with van der Waals surface area (Å²) in [6.07, 6.45) is 3.70. The Bertz CT molecular complexity index is 156. The van der Waals surface area contributed by atoms with Crippen LogP contribution in [0.3, 0.4) is 0 Å². The molecule has 1 aliphatic heterocycles. The van der Waals surface area contributed by atoms with Crippen LogP contribution in [-0.4, -0.2) is 39.7 Å². The Kier molecular flexibility index (Phi) is 5.09. The van der Waals surface area contributed by atoms with Gasteiger partial charge in [-0.15, -0.1) is 0 Å². The van der Waals surface area contributed by atoms with E-state index in [2.05, 4.69) is 20.8 Å². The maximum Gasteiger partial charge on any atom is 0.222 e. The highest BCUT2D eigenvalue weighted by atomic mass is 28.2. The molecule has 0 N–H and O–H groups in total. The van der Waals surface area contributed by atoms with Crippen LogP contribution < -0.4 is 0 Å². The maximum absolute atomic E-state index is 5.83. The molecule has 0 radical (unpaired) electrons. The Morgan fingerprint density at radius 3 is 2.57 bits per heavy atom. The fourth-order valence-electron chi connectivity index (χ4n) is 1.74. The zero-order valence-corrected chi connectivity index (χ0v) is 11.1. The van der Waals surface area contributed by atoms with Gasteiger partial charge in [0.15, 0.2) is 0 Å². The van der Waals surface area contributed by atoms with Crippen molar-refractivity contribution < 1.29 is 9.26 Å². The summed E-state index contributed by atoms with van der Waals surface area (Å²) >= 11 is 0. The Labute approximate surface area is 89.7 Å². The minimum Gasteiger partial charge on any atom is -0.376 e. The lowest BCUT2D eigenvalue weighted by atomic mass is 10.1. The Hall–Kier alpha value is 0.0969. The van der Waals surface area contributed by atoms with Crippen LogP contribution in [-0.2, 0) is 9.26 Å². The lowest BCUT2D eigenvalue weighted by Crippen LogP contribution is -2.43. The topological polar surface area (TPSA) is 21.7 Å². The number of nitrogens with zero attached hydrogens (tertiary/aromatic N) is 1. The molecule has 0 bridgehead atoms. The highest BCUT2D eigenvalue weighted by molar-refractivity contribution is 6.31. The number of rotatable bonds is 5. The number of hydrogen-bond donors (Lipinski definition) is 0. The van der Waals surface area contributed by atoms with Crippen LogP contribution in [0.25, 0.3) is 0 Å². The average molecular weight is 217 g/mol. The van der Waals surface area contributed by atoms with Gasteiger partial charge in [0.25, 0.3) is 0 Å². The highest BCUT2D eigenvalue weighted by Crippen LogP contribution is 2.23. The molecule has 0 amide bonds. The first-order valence-electron chi connectivity index (χ1n) is 5.72. The molecule has 1 saturated heterocycles. The minimum atomic E-state index is -0.597. The van der Waals surface area contributed by atoms with Gasteiger partial charge < -0.3 is 9.26 Å². The van der Waals surface area contributed by atoms with Crippen molar-refractivity contribution in [3.8, 4) is 0 Å². The first-order valence-corrected chi connectivity index (χ1v) is 7.00. The van der Waals surface area contributed by atoms with Crippen molar-refractivity contribution in [1.82, 2.24) is 5.06 Å². The lowest BCUT2D eigenvalue weighted by Gasteiger charge is -2.34. The van der Waals surface area contributed by atoms with Gasteiger partial charge in [0.1, 0.15) is 0 Å². The summed E-state index contributed by atoms with van der Waals surface area (Å²) in [4.78, 5) is 0. The van der Waals surface area contributed by atoms with E-state index < -0.39 is 9.76 Å². The van der Waals surface area contributed by atoms with E-state index in [1.54, 1.807) is 0 Å². The van der Waals surface area contributed by atoms with Crippen LogP contribution in [0.5, 0.6) is 0 Å². The molecule has 0 saturated carbocycles. The van der Waals surface area contributed by atoms with Crippen molar-refractivity contribution in [3.05, 3.63) is 0 Å². The molecule has 1 aliphatic rings. The summed E-state index contributed by atoms with van der Waals surface area (Å²) < 4.78 is 11.6. The first-order chi connectivity index (χ1) is 6.70. The van der Waals surface area contributed by atoms with E-state index in [-0.39, 0.29) is 5.22 Å². The molecular formula is C10H23NO2Si. The highest BCUT2D eigenvalue weighted by Gasteiger charge is 2.29. The van der Waals surface area contributed by atoms with Crippen molar-refractivity contribution in [2.45, 2.75) is 45.3 Å². The Morgan fingerprint density at radius 1 is 1.36 bits per heavy atom. The molecule has 14 heavy (non-hydrogen) atoms. The molecule has 0 aromatic carbocycles. The van der Waals surface area contributed by atoms with Crippen LogP contribution in [0.1, 0.15) is 40.0 Å². The summed E-state index contributed by atoms with van der Waals surface area (Å²) in [7, 11) is -0.597. The third kappa shape index (κ3) is 3.69. The van der Waals surface area contributed by atoms with E-state index in [1.165, 1.54) is 19.3 Å². The fourth-order valence-corrected chi connectivity index (χ4v) is 3.18. The van der Waals surface area contributed by atoms with Crippen molar-refractivity contribution in [3.63, 3.8) is 0 Å². The molecule has 3 nitrogen and oxygen atoms in total. The van der Waals surface area contributed by atoms with Gasteiger partial charge in [-0.25, -0.2) is 5.06 Å². The molecular weight excluding hydrogens is 194 g/mol. The van der Waals surface area contributed by atoms with Crippen LogP contribution in [0.4, 0.5) is 0 Å². The summed E-state index contributed by atoms with van der Waals surface area (Å²) in [5, 5.41) is 2.12. The molecule has 0 aromatic rings. The van der Waals surface area contributed by atoms with Crippen LogP contribution in [0.2, 0.25) is 0 Å². The summed E-state index contributed by atoms with van der Waals surface area (Å²) in [6, 6.07) is 0. The first kappa shape index (κ1) is 12.2. The molecule has 84 valence electrons. The van der Waals surface area contributed by atoms with Crippen molar-refractivity contribution >= 4 is 9.76 Å². The zero-order chi connectivity index (χ0) is 10.4. The number of hydroxylamine groups is 2. The molecule has 1 fully saturated rings. The van der Waals surface area contributed by atoms with Crippen LogP contribution in [0, 0.1) is 0 Å². The van der Waals surface area contributed by atoms with Crippen molar-refractivity contribution in [2.75, 3.05) is 19.7 Å². The fraction of sp³-hybridized carbons (Fsp3) is 1.00.